The number of hydrogen-bond donors (Lipinski definition) is 0. The van der Waals surface area contributed by atoms with Crippen molar-refractivity contribution in [2.45, 2.75) is 35.3 Å². The van der Waals surface area contributed by atoms with Crippen LogP contribution >= 0.6 is 0 Å². The first-order chi connectivity index (χ1) is 11.7. The molecule has 1 fully saturated rings. The molecule has 0 spiro atoms. The Morgan fingerprint density at radius 3 is 2.28 bits per heavy atom. The van der Waals surface area contributed by atoms with E-state index in [4.69, 9.17) is 0 Å². The average molecular weight is 380 g/mol. The average Bonchev–Trinajstić information content (AvgIpc) is 3.07. The van der Waals surface area contributed by atoms with Gasteiger partial charge in [-0.3, -0.25) is 0 Å². The number of benzene rings is 2. The predicted octanol–water partition coefficient (Wildman–Crippen LogP) is 2.54. The van der Waals surface area contributed by atoms with Gasteiger partial charge in [-0.1, -0.05) is 35.9 Å². The number of aryl methyl sites for hydroxylation is 2. The van der Waals surface area contributed by atoms with E-state index in [0.717, 1.165) is 5.56 Å². The Kier molecular flexibility index (Phi) is 4.74. The lowest BCUT2D eigenvalue weighted by atomic mass is 10.2. The van der Waals surface area contributed by atoms with Crippen molar-refractivity contribution in [2.75, 3.05) is 13.1 Å². The lowest BCUT2D eigenvalue weighted by molar-refractivity contribution is 0.476. The Bertz CT molecular complexity index is 983. The standard InChI is InChI=1S/C18H21NO4S2/c1-14-8-9-18(15(2)12-14)25(22,23)19-11-10-17(13-19)24(20,21)16-6-4-3-5-7-16/h3-9,12,17H,10-11,13H2,1-2H3/t17-/m0/s1. The van der Waals surface area contributed by atoms with Crippen LogP contribution in [0.5, 0.6) is 0 Å². The molecule has 0 radical (unpaired) electrons. The van der Waals surface area contributed by atoms with Crippen LogP contribution in [0.2, 0.25) is 0 Å². The van der Waals surface area contributed by atoms with E-state index >= 15 is 0 Å². The van der Waals surface area contributed by atoms with Gasteiger partial charge in [0.25, 0.3) is 0 Å². The van der Waals surface area contributed by atoms with Crippen LogP contribution in [0.25, 0.3) is 0 Å². The number of rotatable bonds is 4. The first-order valence-electron chi connectivity index (χ1n) is 8.09. The molecule has 1 aliphatic heterocycles. The molecular formula is C18H21NO4S2. The molecule has 1 heterocycles. The van der Waals surface area contributed by atoms with E-state index in [0.29, 0.717) is 12.0 Å². The van der Waals surface area contributed by atoms with Crippen molar-refractivity contribution in [3.05, 3.63) is 59.7 Å². The highest BCUT2D eigenvalue weighted by Crippen LogP contribution is 2.29. The summed E-state index contributed by atoms with van der Waals surface area (Å²) in [6.07, 6.45) is 0.307. The van der Waals surface area contributed by atoms with E-state index in [1.807, 2.05) is 13.0 Å². The summed E-state index contributed by atoms with van der Waals surface area (Å²) in [5.41, 5.74) is 1.66. The van der Waals surface area contributed by atoms with Crippen LogP contribution in [0.3, 0.4) is 0 Å². The summed E-state index contributed by atoms with van der Waals surface area (Å²) in [6, 6.07) is 13.4. The minimum Gasteiger partial charge on any atom is -0.223 e. The molecule has 134 valence electrons. The molecule has 2 aromatic carbocycles. The van der Waals surface area contributed by atoms with Gasteiger partial charge in [-0.25, -0.2) is 16.8 Å². The second-order valence-corrected chi connectivity index (χ2v) is 10.5. The smallest absolute Gasteiger partial charge is 0.223 e. The van der Waals surface area contributed by atoms with Crippen LogP contribution in [0.1, 0.15) is 17.5 Å². The van der Waals surface area contributed by atoms with Crippen LogP contribution in [0, 0.1) is 13.8 Å². The Labute approximate surface area is 149 Å². The molecule has 1 saturated heterocycles. The van der Waals surface area contributed by atoms with E-state index in [9.17, 15) is 16.8 Å². The fourth-order valence-corrected chi connectivity index (χ4v) is 6.71. The highest BCUT2D eigenvalue weighted by molar-refractivity contribution is 7.92. The lowest BCUT2D eigenvalue weighted by Gasteiger charge is -2.18. The maximum absolute atomic E-state index is 12.9. The number of sulfonamides is 1. The van der Waals surface area contributed by atoms with Gasteiger partial charge in [0.2, 0.25) is 10.0 Å². The predicted molar refractivity (Wildman–Crippen MR) is 96.7 cm³/mol. The third-order valence-corrected chi connectivity index (χ3v) is 8.78. The molecule has 0 aromatic heterocycles. The monoisotopic (exact) mass is 379 g/mol. The zero-order chi connectivity index (χ0) is 18.2. The summed E-state index contributed by atoms with van der Waals surface area (Å²) < 4.78 is 52.6. The van der Waals surface area contributed by atoms with Crippen molar-refractivity contribution in [1.29, 1.82) is 0 Å². The topological polar surface area (TPSA) is 71.5 Å². The van der Waals surface area contributed by atoms with Gasteiger partial charge in [-0.2, -0.15) is 4.31 Å². The second kappa shape index (κ2) is 6.55. The molecular weight excluding hydrogens is 358 g/mol. The molecule has 0 saturated carbocycles. The zero-order valence-electron chi connectivity index (χ0n) is 14.2. The van der Waals surface area contributed by atoms with Gasteiger partial charge < -0.3 is 0 Å². The Morgan fingerprint density at radius 1 is 0.960 bits per heavy atom. The van der Waals surface area contributed by atoms with E-state index in [1.54, 1.807) is 49.4 Å². The molecule has 3 rings (SSSR count). The summed E-state index contributed by atoms with van der Waals surface area (Å²) in [7, 11) is -7.23. The minimum absolute atomic E-state index is 0.00707. The number of hydrogen-bond acceptors (Lipinski definition) is 4. The highest BCUT2D eigenvalue weighted by Gasteiger charge is 2.39. The van der Waals surface area contributed by atoms with Crippen molar-refractivity contribution in [3.63, 3.8) is 0 Å². The van der Waals surface area contributed by atoms with Crippen LogP contribution in [0.15, 0.2) is 58.3 Å². The van der Waals surface area contributed by atoms with Crippen LogP contribution < -0.4 is 0 Å². The molecule has 1 atom stereocenters. The van der Waals surface area contributed by atoms with Gasteiger partial charge in [-0.05, 0) is 44.0 Å². The van der Waals surface area contributed by atoms with E-state index in [-0.39, 0.29) is 22.9 Å². The van der Waals surface area contributed by atoms with Crippen LogP contribution in [-0.4, -0.2) is 39.5 Å². The molecule has 0 aliphatic carbocycles. The first-order valence-corrected chi connectivity index (χ1v) is 11.1. The number of nitrogens with zero attached hydrogens (tertiary/aromatic N) is 1. The molecule has 1 aliphatic rings. The van der Waals surface area contributed by atoms with Crippen LogP contribution in [0.4, 0.5) is 0 Å². The van der Waals surface area contributed by atoms with Crippen molar-refractivity contribution < 1.29 is 16.8 Å². The quantitative estimate of drug-likeness (QED) is 0.818. The molecule has 0 bridgehead atoms. The van der Waals surface area contributed by atoms with Gasteiger partial charge >= 0.3 is 0 Å². The fourth-order valence-electron chi connectivity index (χ4n) is 3.20. The maximum Gasteiger partial charge on any atom is 0.243 e. The summed E-state index contributed by atoms with van der Waals surface area (Å²) in [5, 5.41) is -0.713. The van der Waals surface area contributed by atoms with Gasteiger partial charge in [0, 0.05) is 13.1 Å². The van der Waals surface area contributed by atoms with Crippen molar-refractivity contribution in [3.8, 4) is 0 Å². The summed E-state index contributed by atoms with van der Waals surface area (Å²) in [6.45, 7) is 3.87. The third-order valence-electron chi connectivity index (χ3n) is 4.57. The van der Waals surface area contributed by atoms with E-state index in [2.05, 4.69) is 0 Å². The van der Waals surface area contributed by atoms with Crippen molar-refractivity contribution in [1.82, 2.24) is 4.31 Å². The Hall–Kier alpha value is -1.70. The van der Waals surface area contributed by atoms with E-state index < -0.39 is 25.1 Å². The summed E-state index contributed by atoms with van der Waals surface area (Å²) in [5.74, 6) is 0. The largest absolute Gasteiger partial charge is 0.243 e. The van der Waals surface area contributed by atoms with Gasteiger partial charge in [0.1, 0.15) is 0 Å². The zero-order valence-corrected chi connectivity index (χ0v) is 15.8. The first kappa shape index (κ1) is 18.1. The molecule has 0 N–H and O–H groups in total. The Morgan fingerprint density at radius 2 is 1.64 bits per heavy atom. The van der Waals surface area contributed by atoms with Crippen molar-refractivity contribution in [2.24, 2.45) is 0 Å². The fraction of sp³-hybridized carbons (Fsp3) is 0.333. The maximum atomic E-state index is 12.9. The SMILES string of the molecule is Cc1ccc(S(=O)(=O)N2CC[C@H](S(=O)(=O)c3ccccc3)C2)c(C)c1. The second-order valence-electron chi connectivity index (χ2n) is 6.40. The molecule has 7 heteroatoms. The molecule has 5 nitrogen and oxygen atoms in total. The van der Waals surface area contributed by atoms with Gasteiger partial charge in [0.05, 0.1) is 15.0 Å². The van der Waals surface area contributed by atoms with E-state index in [1.165, 1.54) is 4.31 Å². The van der Waals surface area contributed by atoms with Gasteiger partial charge in [-0.15, -0.1) is 0 Å². The summed E-state index contributed by atoms with van der Waals surface area (Å²) in [4.78, 5) is 0.488. The normalized spacial score (nSPS) is 19.2. The minimum atomic E-state index is -3.69. The Balaban J connectivity index is 1.87. The van der Waals surface area contributed by atoms with Gasteiger partial charge in [0.15, 0.2) is 9.84 Å². The molecule has 0 amide bonds. The van der Waals surface area contributed by atoms with Crippen LogP contribution in [-0.2, 0) is 19.9 Å². The molecule has 0 unspecified atom stereocenters. The lowest BCUT2D eigenvalue weighted by Crippen LogP contribution is -2.32. The highest BCUT2D eigenvalue weighted by atomic mass is 32.2. The number of sulfone groups is 1. The molecule has 25 heavy (non-hydrogen) atoms. The van der Waals surface area contributed by atoms with Crippen molar-refractivity contribution >= 4 is 19.9 Å². The molecule has 2 aromatic rings. The third kappa shape index (κ3) is 3.36. The summed E-state index contributed by atoms with van der Waals surface area (Å²) >= 11 is 0.